The molecule has 0 N–H and O–H groups in total. The minimum absolute atomic E-state index is 0.0850. The Bertz CT molecular complexity index is 590. The van der Waals surface area contributed by atoms with E-state index < -0.39 is 5.82 Å². The highest BCUT2D eigenvalue weighted by Crippen LogP contribution is 2.27. The van der Waals surface area contributed by atoms with Gasteiger partial charge in [0.15, 0.2) is 0 Å². The number of halogens is 4. The molecular formula is C14H10BrCl2FO. The smallest absolute Gasteiger partial charge is 0.141 e. The predicted octanol–water partition coefficient (Wildman–Crippen LogP) is 5.61. The molecule has 0 saturated carbocycles. The molecule has 0 unspecified atom stereocenters. The molecule has 0 saturated heterocycles. The number of alkyl halides is 1. The quantitative estimate of drug-likeness (QED) is 0.642. The van der Waals surface area contributed by atoms with E-state index in [4.69, 9.17) is 27.9 Å². The van der Waals surface area contributed by atoms with Gasteiger partial charge in [-0.2, -0.15) is 0 Å². The SMILES string of the molecule is Fc1ccc(COc2ccc(CBr)cc2Cl)cc1Cl. The lowest BCUT2D eigenvalue weighted by Gasteiger charge is -2.09. The van der Waals surface area contributed by atoms with Gasteiger partial charge in [-0.1, -0.05) is 51.3 Å². The number of rotatable bonds is 4. The molecule has 0 heterocycles. The van der Waals surface area contributed by atoms with Crippen LogP contribution in [0.15, 0.2) is 36.4 Å². The van der Waals surface area contributed by atoms with Gasteiger partial charge in [-0.15, -0.1) is 0 Å². The van der Waals surface area contributed by atoms with E-state index in [2.05, 4.69) is 15.9 Å². The fourth-order valence-corrected chi connectivity index (χ4v) is 2.34. The summed E-state index contributed by atoms with van der Waals surface area (Å²) >= 11 is 15.2. The first-order valence-corrected chi connectivity index (χ1v) is 7.39. The van der Waals surface area contributed by atoms with Gasteiger partial charge < -0.3 is 4.74 Å². The molecule has 2 rings (SSSR count). The van der Waals surface area contributed by atoms with Crippen molar-refractivity contribution in [2.45, 2.75) is 11.9 Å². The third kappa shape index (κ3) is 3.85. The van der Waals surface area contributed by atoms with Crippen molar-refractivity contribution in [3.63, 3.8) is 0 Å². The van der Waals surface area contributed by atoms with Crippen molar-refractivity contribution in [2.24, 2.45) is 0 Å². The van der Waals surface area contributed by atoms with E-state index in [1.165, 1.54) is 12.1 Å². The van der Waals surface area contributed by atoms with Gasteiger partial charge in [0.05, 0.1) is 10.0 Å². The van der Waals surface area contributed by atoms with Crippen molar-refractivity contribution in [3.8, 4) is 5.75 Å². The average Bonchev–Trinajstić information content (AvgIpc) is 2.41. The Balaban J connectivity index is 2.07. The molecule has 0 bridgehead atoms. The molecule has 2 aromatic rings. The molecule has 0 spiro atoms. The number of benzene rings is 2. The van der Waals surface area contributed by atoms with Crippen LogP contribution in [0.5, 0.6) is 5.75 Å². The molecule has 0 fully saturated rings. The minimum atomic E-state index is -0.440. The van der Waals surface area contributed by atoms with Gasteiger partial charge in [0.2, 0.25) is 0 Å². The van der Waals surface area contributed by atoms with Crippen LogP contribution >= 0.6 is 39.1 Å². The van der Waals surface area contributed by atoms with Gasteiger partial charge in [0.1, 0.15) is 18.2 Å². The Hall–Kier alpha value is -0.770. The van der Waals surface area contributed by atoms with Gasteiger partial charge in [-0.3, -0.25) is 0 Å². The predicted molar refractivity (Wildman–Crippen MR) is 79.8 cm³/mol. The molecule has 0 atom stereocenters. The first-order valence-electron chi connectivity index (χ1n) is 5.51. The summed E-state index contributed by atoms with van der Waals surface area (Å²) in [5.74, 6) is 0.150. The molecule has 100 valence electrons. The maximum absolute atomic E-state index is 13.0. The van der Waals surface area contributed by atoms with Crippen molar-refractivity contribution < 1.29 is 9.13 Å². The van der Waals surface area contributed by atoms with Crippen molar-refractivity contribution >= 4 is 39.1 Å². The molecule has 0 aliphatic carbocycles. The largest absolute Gasteiger partial charge is 0.487 e. The Labute approximate surface area is 129 Å². The maximum atomic E-state index is 13.0. The van der Waals surface area contributed by atoms with Crippen LogP contribution in [0.3, 0.4) is 0 Å². The second-order valence-corrected chi connectivity index (χ2v) is 5.31. The number of hydrogen-bond donors (Lipinski definition) is 0. The zero-order valence-electron chi connectivity index (χ0n) is 9.80. The van der Waals surface area contributed by atoms with E-state index in [0.29, 0.717) is 10.8 Å². The summed E-state index contributed by atoms with van der Waals surface area (Å²) < 4.78 is 18.6. The second-order valence-electron chi connectivity index (χ2n) is 3.94. The van der Waals surface area contributed by atoms with Crippen LogP contribution in [0.4, 0.5) is 4.39 Å². The van der Waals surface area contributed by atoms with Gasteiger partial charge in [-0.05, 0) is 35.4 Å². The summed E-state index contributed by atoms with van der Waals surface area (Å²) in [7, 11) is 0. The minimum Gasteiger partial charge on any atom is -0.487 e. The first-order chi connectivity index (χ1) is 9.10. The highest BCUT2D eigenvalue weighted by Gasteiger charge is 2.05. The van der Waals surface area contributed by atoms with Gasteiger partial charge in [0.25, 0.3) is 0 Å². The second kappa shape index (κ2) is 6.60. The average molecular weight is 364 g/mol. The summed E-state index contributed by atoms with van der Waals surface area (Å²) in [5, 5.41) is 1.37. The lowest BCUT2D eigenvalue weighted by atomic mass is 10.2. The molecule has 0 aromatic heterocycles. The molecule has 1 nitrogen and oxygen atoms in total. The van der Waals surface area contributed by atoms with Crippen LogP contribution in [0, 0.1) is 5.82 Å². The van der Waals surface area contributed by atoms with E-state index >= 15 is 0 Å². The highest BCUT2D eigenvalue weighted by molar-refractivity contribution is 9.08. The summed E-state index contributed by atoms with van der Waals surface area (Å²) in [4.78, 5) is 0. The van der Waals surface area contributed by atoms with E-state index in [1.54, 1.807) is 6.07 Å². The summed E-state index contributed by atoms with van der Waals surface area (Å²) in [6.07, 6.45) is 0. The van der Waals surface area contributed by atoms with E-state index in [0.717, 1.165) is 16.5 Å². The maximum Gasteiger partial charge on any atom is 0.141 e. The Kier molecular flexibility index (Phi) is 5.08. The fourth-order valence-electron chi connectivity index (χ4n) is 1.54. The topological polar surface area (TPSA) is 9.23 Å². The van der Waals surface area contributed by atoms with E-state index in [9.17, 15) is 4.39 Å². The Morgan fingerprint density at radius 2 is 1.68 bits per heavy atom. The number of ether oxygens (including phenoxy) is 1. The van der Waals surface area contributed by atoms with Crippen molar-refractivity contribution in [3.05, 3.63) is 63.4 Å². The van der Waals surface area contributed by atoms with Gasteiger partial charge in [0, 0.05) is 5.33 Å². The summed E-state index contributed by atoms with van der Waals surface area (Å²) in [5.41, 5.74) is 1.86. The first kappa shape index (κ1) is 14.6. The molecule has 0 radical (unpaired) electrons. The third-order valence-electron chi connectivity index (χ3n) is 2.53. The lowest BCUT2D eigenvalue weighted by molar-refractivity contribution is 0.306. The Morgan fingerprint density at radius 3 is 2.32 bits per heavy atom. The monoisotopic (exact) mass is 362 g/mol. The summed E-state index contributed by atoms with van der Waals surface area (Å²) in [6.45, 7) is 0.285. The highest BCUT2D eigenvalue weighted by atomic mass is 79.9. The van der Waals surface area contributed by atoms with Crippen molar-refractivity contribution in [1.29, 1.82) is 0 Å². The van der Waals surface area contributed by atoms with Crippen LogP contribution in [0.1, 0.15) is 11.1 Å². The van der Waals surface area contributed by atoms with E-state index in [1.807, 2.05) is 18.2 Å². The van der Waals surface area contributed by atoms with E-state index in [-0.39, 0.29) is 11.6 Å². The van der Waals surface area contributed by atoms with Crippen LogP contribution < -0.4 is 4.74 Å². The standard InChI is InChI=1S/C14H10BrCl2FO/c15-7-9-2-4-14(12(17)5-9)19-8-10-1-3-13(18)11(16)6-10/h1-6H,7-8H2. The summed E-state index contributed by atoms with van der Waals surface area (Å²) in [6, 6.07) is 10.1. The normalized spacial score (nSPS) is 10.5. The molecule has 0 aliphatic rings. The molecule has 0 aliphatic heterocycles. The molecule has 2 aromatic carbocycles. The van der Waals surface area contributed by atoms with Crippen LogP contribution in [0.25, 0.3) is 0 Å². The number of hydrogen-bond acceptors (Lipinski definition) is 1. The Morgan fingerprint density at radius 1 is 1.00 bits per heavy atom. The fraction of sp³-hybridized carbons (Fsp3) is 0.143. The van der Waals surface area contributed by atoms with Crippen molar-refractivity contribution in [2.75, 3.05) is 0 Å². The van der Waals surface area contributed by atoms with Crippen LogP contribution in [0.2, 0.25) is 10.0 Å². The molecule has 19 heavy (non-hydrogen) atoms. The van der Waals surface area contributed by atoms with Crippen LogP contribution in [-0.4, -0.2) is 0 Å². The zero-order chi connectivity index (χ0) is 13.8. The third-order valence-corrected chi connectivity index (χ3v) is 3.76. The van der Waals surface area contributed by atoms with Gasteiger partial charge >= 0.3 is 0 Å². The van der Waals surface area contributed by atoms with Crippen LogP contribution in [-0.2, 0) is 11.9 Å². The van der Waals surface area contributed by atoms with Crippen molar-refractivity contribution in [1.82, 2.24) is 0 Å². The molecule has 0 amide bonds. The molecule has 5 heteroatoms. The molecular weight excluding hydrogens is 354 g/mol. The zero-order valence-corrected chi connectivity index (χ0v) is 12.9. The lowest BCUT2D eigenvalue weighted by Crippen LogP contribution is -1.97. The van der Waals surface area contributed by atoms with Gasteiger partial charge in [-0.25, -0.2) is 4.39 Å².